The van der Waals surface area contributed by atoms with Gasteiger partial charge in [0.1, 0.15) is 6.33 Å². The quantitative estimate of drug-likeness (QED) is 0.595. The smallest absolute Gasteiger partial charge is 0.157 e. The van der Waals surface area contributed by atoms with Crippen LogP contribution in [-0.2, 0) is 4.84 Å². The monoisotopic (exact) mass is 207 g/mol. The van der Waals surface area contributed by atoms with Gasteiger partial charge in [-0.15, -0.1) is 6.58 Å². The molecule has 1 aromatic rings. The van der Waals surface area contributed by atoms with E-state index < -0.39 is 0 Å². The molecule has 1 N–H and O–H groups in total. The van der Waals surface area contributed by atoms with Crippen LogP contribution >= 0.6 is 0 Å². The third-order valence-electron chi connectivity index (χ3n) is 2.21. The molecule has 15 heavy (non-hydrogen) atoms. The van der Waals surface area contributed by atoms with Crippen LogP contribution in [0.5, 0.6) is 0 Å². The average molecular weight is 207 g/mol. The maximum Gasteiger partial charge on any atom is 0.157 e. The molecule has 4 nitrogen and oxygen atoms in total. The molecule has 1 atom stereocenters. The van der Waals surface area contributed by atoms with E-state index in [1.54, 1.807) is 0 Å². The Morgan fingerprint density at radius 2 is 2.33 bits per heavy atom. The SMILES string of the molecule is C=CC(C)c1c(C)ncnc1NOCC. The first-order valence-electron chi connectivity index (χ1n) is 5.02. The van der Waals surface area contributed by atoms with Crippen LogP contribution in [0.3, 0.4) is 0 Å². The molecule has 0 aliphatic carbocycles. The summed E-state index contributed by atoms with van der Waals surface area (Å²) >= 11 is 0. The van der Waals surface area contributed by atoms with Crippen molar-refractivity contribution in [2.45, 2.75) is 26.7 Å². The zero-order chi connectivity index (χ0) is 11.3. The molecule has 0 radical (unpaired) electrons. The van der Waals surface area contributed by atoms with Gasteiger partial charge < -0.3 is 0 Å². The van der Waals surface area contributed by atoms with Gasteiger partial charge in [0.25, 0.3) is 0 Å². The maximum absolute atomic E-state index is 5.14. The predicted octanol–water partition coefficient (Wildman–Crippen LogP) is 2.44. The van der Waals surface area contributed by atoms with Crippen LogP contribution in [0.1, 0.15) is 31.0 Å². The highest BCUT2D eigenvalue weighted by Gasteiger charge is 2.12. The van der Waals surface area contributed by atoms with Crippen LogP contribution in [0, 0.1) is 6.92 Å². The summed E-state index contributed by atoms with van der Waals surface area (Å²) in [6, 6.07) is 0. The second-order valence-electron chi connectivity index (χ2n) is 3.28. The van der Waals surface area contributed by atoms with E-state index in [2.05, 4.69) is 29.0 Å². The van der Waals surface area contributed by atoms with Crippen molar-refractivity contribution in [1.29, 1.82) is 0 Å². The minimum atomic E-state index is 0.203. The molecule has 0 bridgehead atoms. The summed E-state index contributed by atoms with van der Waals surface area (Å²) < 4.78 is 0. The lowest BCUT2D eigenvalue weighted by molar-refractivity contribution is 0.208. The molecule has 0 amide bonds. The van der Waals surface area contributed by atoms with Crippen molar-refractivity contribution in [3.8, 4) is 0 Å². The number of hydrogen-bond donors (Lipinski definition) is 1. The molecular weight excluding hydrogens is 190 g/mol. The maximum atomic E-state index is 5.14. The van der Waals surface area contributed by atoms with E-state index in [1.165, 1.54) is 6.33 Å². The lowest BCUT2D eigenvalue weighted by Crippen LogP contribution is -2.09. The molecule has 0 fully saturated rings. The molecule has 1 aromatic heterocycles. The van der Waals surface area contributed by atoms with Crippen LogP contribution in [0.15, 0.2) is 19.0 Å². The molecule has 0 saturated carbocycles. The van der Waals surface area contributed by atoms with E-state index in [0.29, 0.717) is 6.61 Å². The number of nitrogens with one attached hydrogen (secondary N) is 1. The van der Waals surface area contributed by atoms with Crippen LogP contribution in [0.25, 0.3) is 0 Å². The predicted molar refractivity (Wildman–Crippen MR) is 60.6 cm³/mol. The van der Waals surface area contributed by atoms with Crippen molar-refractivity contribution in [2.24, 2.45) is 0 Å². The molecule has 4 heteroatoms. The number of anilines is 1. The number of rotatable bonds is 5. The Labute approximate surface area is 90.4 Å². The standard InChI is InChI=1S/C11H17N3O/c1-5-8(3)10-9(4)12-7-13-11(10)14-15-6-2/h5,7-8H,1,6H2,2-4H3,(H,12,13,14). The van der Waals surface area contributed by atoms with E-state index in [9.17, 15) is 0 Å². The van der Waals surface area contributed by atoms with Gasteiger partial charge >= 0.3 is 0 Å². The van der Waals surface area contributed by atoms with E-state index in [0.717, 1.165) is 17.1 Å². The number of nitrogens with zero attached hydrogens (tertiary/aromatic N) is 2. The fraction of sp³-hybridized carbons (Fsp3) is 0.455. The Kier molecular flexibility index (Phi) is 4.24. The summed E-state index contributed by atoms with van der Waals surface area (Å²) in [4.78, 5) is 13.4. The topological polar surface area (TPSA) is 47.0 Å². The fourth-order valence-electron chi connectivity index (χ4n) is 1.37. The summed E-state index contributed by atoms with van der Waals surface area (Å²) in [5, 5.41) is 0. The van der Waals surface area contributed by atoms with Gasteiger partial charge in [-0.3, -0.25) is 4.84 Å². The minimum absolute atomic E-state index is 0.203. The third-order valence-corrected chi connectivity index (χ3v) is 2.21. The van der Waals surface area contributed by atoms with Crippen LogP contribution in [0.4, 0.5) is 5.82 Å². The van der Waals surface area contributed by atoms with Gasteiger partial charge in [0, 0.05) is 17.2 Å². The lowest BCUT2D eigenvalue weighted by atomic mass is 10.0. The van der Waals surface area contributed by atoms with Crippen molar-refractivity contribution in [2.75, 3.05) is 12.1 Å². The summed E-state index contributed by atoms with van der Waals surface area (Å²) in [6.07, 6.45) is 3.39. The molecule has 0 aliphatic rings. The second kappa shape index (κ2) is 5.46. The molecule has 1 rings (SSSR count). The first-order chi connectivity index (χ1) is 7.20. The second-order valence-corrected chi connectivity index (χ2v) is 3.28. The van der Waals surface area contributed by atoms with Gasteiger partial charge in [0.05, 0.1) is 6.61 Å². The van der Waals surface area contributed by atoms with Crippen molar-refractivity contribution >= 4 is 5.82 Å². The Balaban J connectivity index is 3.02. The first-order valence-corrected chi connectivity index (χ1v) is 5.02. The van der Waals surface area contributed by atoms with E-state index >= 15 is 0 Å². The summed E-state index contributed by atoms with van der Waals surface area (Å²) in [5.74, 6) is 0.922. The van der Waals surface area contributed by atoms with E-state index in [-0.39, 0.29) is 5.92 Å². The summed E-state index contributed by atoms with van der Waals surface area (Å²) in [7, 11) is 0. The molecule has 1 unspecified atom stereocenters. The molecule has 1 heterocycles. The van der Waals surface area contributed by atoms with Gasteiger partial charge in [-0.1, -0.05) is 13.0 Å². The zero-order valence-electron chi connectivity index (χ0n) is 9.45. The number of allylic oxidation sites excluding steroid dienone is 1. The minimum Gasteiger partial charge on any atom is -0.275 e. The highest BCUT2D eigenvalue weighted by Crippen LogP contribution is 2.25. The van der Waals surface area contributed by atoms with Gasteiger partial charge in [-0.25, -0.2) is 15.4 Å². The van der Waals surface area contributed by atoms with E-state index in [1.807, 2.05) is 19.9 Å². The Bertz CT molecular complexity index is 339. The fourth-order valence-corrected chi connectivity index (χ4v) is 1.37. The Hall–Kier alpha value is -1.42. The Morgan fingerprint density at radius 1 is 1.60 bits per heavy atom. The largest absolute Gasteiger partial charge is 0.275 e. The molecule has 0 aromatic carbocycles. The summed E-state index contributed by atoms with van der Waals surface area (Å²) in [6.45, 7) is 10.3. The molecular formula is C11H17N3O. The van der Waals surface area contributed by atoms with Crippen LogP contribution in [0.2, 0.25) is 0 Å². The van der Waals surface area contributed by atoms with Crippen molar-refractivity contribution in [3.05, 3.63) is 30.2 Å². The third kappa shape index (κ3) is 2.76. The number of hydrogen-bond acceptors (Lipinski definition) is 4. The normalized spacial score (nSPS) is 12.2. The lowest BCUT2D eigenvalue weighted by Gasteiger charge is -2.14. The molecule has 0 saturated heterocycles. The average Bonchev–Trinajstić information content (AvgIpc) is 2.25. The zero-order valence-corrected chi connectivity index (χ0v) is 9.45. The molecule has 0 aliphatic heterocycles. The van der Waals surface area contributed by atoms with Crippen molar-refractivity contribution < 1.29 is 4.84 Å². The van der Waals surface area contributed by atoms with Gasteiger partial charge in [-0.2, -0.15) is 0 Å². The Morgan fingerprint density at radius 3 is 2.93 bits per heavy atom. The van der Waals surface area contributed by atoms with Crippen molar-refractivity contribution in [1.82, 2.24) is 9.97 Å². The van der Waals surface area contributed by atoms with Gasteiger partial charge in [0.2, 0.25) is 0 Å². The highest BCUT2D eigenvalue weighted by molar-refractivity contribution is 5.47. The first kappa shape index (κ1) is 11.7. The number of aryl methyl sites for hydroxylation is 1. The van der Waals surface area contributed by atoms with Crippen LogP contribution < -0.4 is 5.48 Å². The van der Waals surface area contributed by atoms with Gasteiger partial charge in [0.15, 0.2) is 5.82 Å². The molecule has 0 spiro atoms. The van der Waals surface area contributed by atoms with Crippen molar-refractivity contribution in [3.63, 3.8) is 0 Å². The van der Waals surface area contributed by atoms with Gasteiger partial charge in [-0.05, 0) is 13.8 Å². The van der Waals surface area contributed by atoms with Crippen LogP contribution in [-0.4, -0.2) is 16.6 Å². The highest BCUT2D eigenvalue weighted by atomic mass is 16.6. The van der Waals surface area contributed by atoms with E-state index in [4.69, 9.17) is 4.84 Å². The molecule has 82 valence electrons. The summed E-state index contributed by atoms with van der Waals surface area (Å²) in [5.41, 5.74) is 4.79. The number of aromatic nitrogens is 2.